The zero-order chi connectivity index (χ0) is 12.1. The fraction of sp³-hybridized carbons (Fsp3) is 1.00. The highest BCUT2D eigenvalue weighted by Gasteiger charge is 2.39. The van der Waals surface area contributed by atoms with E-state index in [0.717, 1.165) is 0 Å². The molecule has 4 unspecified atom stereocenters. The number of alkyl halides is 2. The van der Waals surface area contributed by atoms with Gasteiger partial charge >= 0.3 is 0 Å². The molecule has 1 aliphatic heterocycles. The Morgan fingerprint density at radius 1 is 1.40 bits per heavy atom. The minimum atomic E-state index is -2.82. The molecule has 4 atom stereocenters. The summed E-state index contributed by atoms with van der Waals surface area (Å²) in [6, 6.07) is -0.909. The third-order valence-electron chi connectivity index (χ3n) is 2.29. The van der Waals surface area contributed by atoms with E-state index in [0.29, 0.717) is 12.8 Å². The lowest BCUT2D eigenvalue weighted by Gasteiger charge is -2.35. The number of aliphatic hydroxyl groups is 1. The second-order valence-corrected chi connectivity index (χ2v) is 4.87. The number of halogens is 2. The largest absolute Gasteiger partial charge is 0.378 e. The predicted molar refractivity (Wildman–Crippen MR) is 62.0 cm³/mol. The van der Waals surface area contributed by atoms with E-state index in [1.807, 2.05) is 6.92 Å². The van der Waals surface area contributed by atoms with Crippen LogP contribution in [-0.2, 0) is 0 Å². The molecule has 5 heteroatoms. The molecular weight excluding hydrogens is 219 g/mol. The SMILES string of the molecule is CC1CCC(C(F)(F)P)NC1O.CCC. The van der Waals surface area contributed by atoms with Crippen LogP contribution < -0.4 is 5.32 Å². The molecule has 0 aromatic heterocycles. The molecule has 1 aliphatic rings. The molecule has 15 heavy (non-hydrogen) atoms. The lowest BCUT2D eigenvalue weighted by Crippen LogP contribution is -2.52. The maximum Gasteiger partial charge on any atom is 0.273 e. The molecule has 1 rings (SSSR count). The zero-order valence-corrected chi connectivity index (χ0v) is 10.8. The summed E-state index contributed by atoms with van der Waals surface area (Å²) < 4.78 is 25.4. The van der Waals surface area contributed by atoms with Gasteiger partial charge in [-0.2, -0.15) is 0 Å². The van der Waals surface area contributed by atoms with Gasteiger partial charge in [0.1, 0.15) is 6.23 Å². The Balaban J connectivity index is 0.000000583. The van der Waals surface area contributed by atoms with E-state index in [1.54, 1.807) is 0 Å². The molecule has 0 aromatic rings. The molecular formula is C10H22F2NOP. The van der Waals surface area contributed by atoms with Crippen molar-refractivity contribution in [2.45, 2.75) is 58.0 Å². The molecule has 1 saturated heterocycles. The number of nitrogens with one attached hydrogen (secondary N) is 1. The third-order valence-corrected chi connectivity index (χ3v) is 2.69. The second-order valence-electron chi connectivity index (χ2n) is 4.10. The summed E-state index contributed by atoms with van der Waals surface area (Å²) in [6.07, 6.45) is 1.51. The minimum Gasteiger partial charge on any atom is -0.378 e. The lowest BCUT2D eigenvalue weighted by molar-refractivity contribution is -0.0269. The van der Waals surface area contributed by atoms with Crippen molar-refractivity contribution in [3.8, 4) is 0 Å². The monoisotopic (exact) mass is 241 g/mol. The first kappa shape index (κ1) is 15.2. The summed E-state index contributed by atoms with van der Waals surface area (Å²) in [6.45, 7) is 6.09. The Morgan fingerprint density at radius 3 is 2.20 bits per heavy atom. The van der Waals surface area contributed by atoms with Gasteiger partial charge in [0.2, 0.25) is 0 Å². The number of rotatable bonds is 1. The van der Waals surface area contributed by atoms with Crippen molar-refractivity contribution in [3.05, 3.63) is 0 Å². The zero-order valence-electron chi connectivity index (χ0n) is 9.63. The molecule has 0 amide bonds. The van der Waals surface area contributed by atoms with Gasteiger partial charge in [0.15, 0.2) is 0 Å². The van der Waals surface area contributed by atoms with E-state index in [-0.39, 0.29) is 5.92 Å². The Labute approximate surface area is 93.0 Å². The molecule has 0 aliphatic carbocycles. The summed E-state index contributed by atoms with van der Waals surface area (Å²) in [4.78, 5) is 0. The average Bonchev–Trinajstić information content (AvgIpc) is 2.09. The van der Waals surface area contributed by atoms with Crippen LogP contribution in [0.4, 0.5) is 8.78 Å². The van der Waals surface area contributed by atoms with Gasteiger partial charge < -0.3 is 5.11 Å². The molecule has 1 heterocycles. The fourth-order valence-electron chi connectivity index (χ4n) is 1.34. The normalized spacial score (nSPS) is 31.8. The third kappa shape index (κ3) is 5.74. The van der Waals surface area contributed by atoms with E-state index in [9.17, 15) is 13.9 Å². The van der Waals surface area contributed by atoms with Crippen molar-refractivity contribution in [2.24, 2.45) is 5.92 Å². The lowest BCUT2D eigenvalue weighted by atomic mass is 9.95. The van der Waals surface area contributed by atoms with Crippen LogP contribution in [0.15, 0.2) is 0 Å². The van der Waals surface area contributed by atoms with E-state index < -0.39 is 17.9 Å². The van der Waals surface area contributed by atoms with Crippen LogP contribution >= 0.6 is 9.24 Å². The van der Waals surface area contributed by atoms with E-state index in [1.165, 1.54) is 15.7 Å². The smallest absolute Gasteiger partial charge is 0.273 e. The van der Waals surface area contributed by atoms with Crippen molar-refractivity contribution < 1.29 is 13.9 Å². The molecule has 0 aromatic carbocycles. The van der Waals surface area contributed by atoms with Gasteiger partial charge in [-0.1, -0.05) is 36.4 Å². The maximum atomic E-state index is 12.7. The summed E-state index contributed by atoms with van der Waals surface area (Å²) >= 11 is 0. The van der Waals surface area contributed by atoms with Crippen LogP contribution in [0.3, 0.4) is 0 Å². The minimum absolute atomic E-state index is 0.0635. The second kappa shape index (κ2) is 6.72. The molecule has 0 bridgehead atoms. The van der Waals surface area contributed by atoms with Gasteiger partial charge in [0, 0.05) is 0 Å². The summed E-state index contributed by atoms with van der Waals surface area (Å²) in [5.74, 6) is 0.0635. The van der Waals surface area contributed by atoms with E-state index in [2.05, 4.69) is 19.2 Å². The van der Waals surface area contributed by atoms with Crippen molar-refractivity contribution in [1.82, 2.24) is 5.32 Å². The summed E-state index contributed by atoms with van der Waals surface area (Å²) in [5, 5.41) is 11.7. The highest BCUT2D eigenvalue weighted by Crippen LogP contribution is 2.33. The van der Waals surface area contributed by atoms with Crippen molar-refractivity contribution in [1.29, 1.82) is 0 Å². The van der Waals surface area contributed by atoms with Crippen LogP contribution in [0.5, 0.6) is 0 Å². The Morgan fingerprint density at radius 2 is 1.87 bits per heavy atom. The first-order chi connectivity index (χ1) is 6.82. The Hall–Kier alpha value is 0.210. The highest BCUT2D eigenvalue weighted by atomic mass is 31.0. The van der Waals surface area contributed by atoms with Crippen LogP contribution in [-0.4, -0.2) is 23.0 Å². The summed E-state index contributed by atoms with van der Waals surface area (Å²) in [7, 11) is 1.50. The van der Waals surface area contributed by atoms with Gasteiger partial charge in [0.25, 0.3) is 5.66 Å². The maximum absolute atomic E-state index is 12.7. The van der Waals surface area contributed by atoms with Crippen molar-refractivity contribution in [2.75, 3.05) is 0 Å². The average molecular weight is 241 g/mol. The van der Waals surface area contributed by atoms with Crippen LogP contribution in [0.25, 0.3) is 0 Å². The summed E-state index contributed by atoms with van der Waals surface area (Å²) in [5.41, 5.74) is -2.82. The number of aliphatic hydroxyl groups excluding tert-OH is 1. The quantitative estimate of drug-likeness (QED) is 0.691. The topological polar surface area (TPSA) is 32.3 Å². The molecule has 0 radical (unpaired) electrons. The number of piperidine rings is 1. The molecule has 1 fully saturated rings. The van der Waals surface area contributed by atoms with Crippen LogP contribution in [0, 0.1) is 5.92 Å². The van der Waals surface area contributed by atoms with Gasteiger partial charge in [-0.25, -0.2) is 8.78 Å². The van der Waals surface area contributed by atoms with E-state index in [4.69, 9.17) is 0 Å². The number of hydrogen-bond donors (Lipinski definition) is 2. The highest BCUT2D eigenvalue weighted by molar-refractivity contribution is 7.18. The van der Waals surface area contributed by atoms with Gasteiger partial charge in [0.05, 0.1) is 6.04 Å². The Bertz CT molecular complexity index is 175. The fourth-order valence-corrected chi connectivity index (χ4v) is 1.61. The molecule has 92 valence electrons. The molecule has 2 N–H and O–H groups in total. The molecule has 0 saturated carbocycles. The van der Waals surface area contributed by atoms with E-state index >= 15 is 0 Å². The standard InChI is InChI=1S/C7H14F2NOP.C3H8/c1-4-2-3-5(7(8,9)12)10-6(4)11;1-3-2/h4-6,10-11H,2-3,12H2,1H3;3H2,1-2H3. The van der Waals surface area contributed by atoms with Gasteiger partial charge in [-0.3, -0.25) is 5.32 Å². The van der Waals surface area contributed by atoms with Crippen molar-refractivity contribution >= 4 is 9.24 Å². The van der Waals surface area contributed by atoms with Gasteiger partial charge in [-0.05, 0) is 18.8 Å². The van der Waals surface area contributed by atoms with Crippen LogP contribution in [0.2, 0.25) is 0 Å². The number of hydrogen-bond acceptors (Lipinski definition) is 2. The van der Waals surface area contributed by atoms with Crippen LogP contribution in [0.1, 0.15) is 40.0 Å². The van der Waals surface area contributed by atoms with Gasteiger partial charge in [-0.15, -0.1) is 0 Å². The molecule has 0 spiro atoms. The predicted octanol–water partition coefficient (Wildman–Crippen LogP) is 2.58. The Kier molecular flexibility index (Phi) is 6.81. The van der Waals surface area contributed by atoms with Crippen molar-refractivity contribution in [3.63, 3.8) is 0 Å². The first-order valence-corrected chi connectivity index (χ1v) is 6.01. The molecule has 2 nitrogen and oxygen atoms in total. The first-order valence-electron chi connectivity index (χ1n) is 5.43.